The van der Waals surface area contributed by atoms with E-state index in [9.17, 15) is 4.79 Å². The van der Waals surface area contributed by atoms with Crippen LogP contribution in [0.1, 0.15) is 40.5 Å². The van der Waals surface area contributed by atoms with E-state index in [-0.39, 0.29) is 24.4 Å². The molecular weight excluding hydrogens is 212 g/mol. The fraction of sp³-hybridized carbons (Fsp3) is 0.909. The third-order valence-corrected chi connectivity index (χ3v) is 2.08. The smallest absolute Gasteiger partial charge is 0.236 e. The van der Waals surface area contributed by atoms with Crippen LogP contribution >= 0.6 is 12.4 Å². The van der Waals surface area contributed by atoms with E-state index in [1.165, 1.54) is 0 Å². The minimum atomic E-state index is -0.345. The summed E-state index contributed by atoms with van der Waals surface area (Å²) in [6.45, 7) is 9.16. The van der Waals surface area contributed by atoms with Crippen molar-refractivity contribution in [3.05, 3.63) is 0 Å². The molecule has 4 heteroatoms. The summed E-state index contributed by atoms with van der Waals surface area (Å²) in [6.07, 6.45) is 1.77. The van der Waals surface area contributed by atoms with Crippen LogP contribution in [0, 0.1) is 11.8 Å². The lowest BCUT2D eigenvalue weighted by Gasteiger charge is -2.14. The molecule has 0 heterocycles. The van der Waals surface area contributed by atoms with Gasteiger partial charge < -0.3 is 11.1 Å². The maximum absolute atomic E-state index is 11.4. The molecule has 0 fully saturated rings. The molecule has 0 aliphatic carbocycles. The lowest BCUT2D eigenvalue weighted by atomic mass is 10.0. The maximum atomic E-state index is 11.4. The highest BCUT2D eigenvalue weighted by Gasteiger charge is 2.13. The van der Waals surface area contributed by atoms with E-state index in [2.05, 4.69) is 33.0 Å². The number of carbonyl (C=O) groups excluding carboxylic acids is 1. The van der Waals surface area contributed by atoms with Crippen molar-refractivity contribution in [1.29, 1.82) is 0 Å². The number of hydrogen-bond acceptors (Lipinski definition) is 2. The summed E-state index contributed by atoms with van der Waals surface area (Å²) in [5, 5.41) is 2.86. The summed E-state index contributed by atoms with van der Waals surface area (Å²) in [6, 6.07) is -0.345. The van der Waals surface area contributed by atoms with Gasteiger partial charge in [0.05, 0.1) is 6.04 Å². The Morgan fingerprint density at radius 2 is 1.73 bits per heavy atom. The molecule has 0 bridgehead atoms. The van der Waals surface area contributed by atoms with Gasteiger partial charge >= 0.3 is 0 Å². The Labute approximate surface area is 99.6 Å². The van der Waals surface area contributed by atoms with Gasteiger partial charge in [0.1, 0.15) is 0 Å². The highest BCUT2D eigenvalue weighted by Crippen LogP contribution is 2.02. The Morgan fingerprint density at radius 3 is 2.13 bits per heavy atom. The molecule has 0 spiro atoms. The summed E-state index contributed by atoms with van der Waals surface area (Å²) in [7, 11) is 0. The van der Waals surface area contributed by atoms with Crippen molar-refractivity contribution in [2.24, 2.45) is 17.6 Å². The summed E-state index contributed by atoms with van der Waals surface area (Å²) in [4.78, 5) is 11.4. The first-order valence-electron chi connectivity index (χ1n) is 5.46. The largest absolute Gasteiger partial charge is 0.355 e. The maximum Gasteiger partial charge on any atom is 0.236 e. The van der Waals surface area contributed by atoms with Crippen LogP contribution in [0.2, 0.25) is 0 Å². The molecule has 0 saturated heterocycles. The third kappa shape index (κ3) is 10.0. The number of nitrogens with one attached hydrogen (secondary N) is 1. The van der Waals surface area contributed by atoms with Gasteiger partial charge in [-0.05, 0) is 24.7 Å². The monoisotopic (exact) mass is 236 g/mol. The van der Waals surface area contributed by atoms with Crippen LogP contribution in [0.15, 0.2) is 0 Å². The zero-order valence-corrected chi connectivity index (χ0v) is 11.1. The van der Waals surface area contributed by atoms with E-state index in [0.717, 1.165) is 19.4 Å². The Morgan fingerprint density at radius 1 is 1.20 bits per heavy atom. The second kappa shape index (κ2) is 8.98. The van der Waals surface area contributed by atoms with Gasteiger partial charge in [0.25, 0.3) is 0 Å². The van der Waals surface area contributed by atoms with E-state index < -0.39 is 0 Å². The van der Waals surface area contributed by atoms with E-state index in [1.54, 1.807) is 0 Å². The third-order valence-electron chi connectivity index (χ3n) is 2.08. The molecule has 0 rings (SSSR count). The predicted octanol–water partition coefficient (Wildman–Crippen LogP) is 1.94. The topological polar surface area (TPSA) is 55.1 Å². The molecule has 3 N–H and O–H groups in total. The Hall–Kier alpha value is -0.280. The van der Waals surface area contributed by atoms with Gasteiger partial charge in [-0.15, -0.1) is 12.4 Å². The van der Waals surface area contributed by atoms with Gasteiger partial charge in [-0.25, -0.2) is 0 Å². The van der Waals surface area contributed by atoms with Gasteiger partial charge in [-0.1, -0.05) is 27.7 Å². The molecule has 0 aromatic heterocycles. The Bertz CT molecular complexity index is 172. The summed E-state index contributed by atoms with van der Waals surface area (Å²) in [5.74, 6) is 1.08. The van der Waals surface area contributed by atoms with Crippen LogP contribution in [0.25, 0.3) is 0 Å². The first kappa shape index (κ1) is 17.1. The van der Waals surface area contributed by atoms with Crippen molar-refractivity contribution in [3.8, 4) is 0 Å². The Kier molecular flexibility index (Phi) is 10.3. The first-order chi connectivity index (χ1) is 6.43. The van der Waals surface area contributed by atoms with Crippen LogP contribution in [0.5, 0.6) is 0 Å². The van der Waals surface area contributed by atoms with Crippen LogP contribution in [0.3, 0.4) is 0 Å². The molecule has 0 aliphatic heterocycles. The lowest BCUT2D eigenvalue weighted by molar-refractivity contribution is -0.122. The van der Waals surface area contributed by atoms with Crippen LogP contribution in [0.4, 0.5) is 0 Å². The highest BCUT2D eigenvalue weighted by molar-refractivity contribution is 5.85. The average Bonchev–Trinajstić information content (AvgIpc) is 2.01. The lowest BCUT2D eigenvalue weighted by Crippen LogP contribution is -2.41. The Balaban J connectivity index is 0. The molecule has 1 amide bonds. The van der Waals surface area contributed by atoms with Crippen molar-refractivity contribution < 1.29 is 4.79 Å². The molecule has 3 nitrogen and oxygen atoms in total. The quantitative estimate of drug-likeness (QED) is 0.741. The predicted molar refractivity (Wildman–Crippen MR) is 67.1 cm³/mol. The molecule has 92 valence electrons. The van der Waals surface area contributed by atoms with Crippen molar-refractivity contribution in [3.63, 3.8) is 0 Å². The SMILES string of the molecule is CC(C)CCNC(=O)[C@@H](N)CC(C)C.Cl. The number of rotatable bonds is 6. The molecule has 15 heavy (non-hydrogen) atoms. The van der Waals surface area contributed by atoms with E-state index >= 15 is 0 Å². The summed E-state index contributed by atoms with van der Waals surface area (Å²) < 4.78 is 0. The molecule has 0 radical (unpaired) electrons. The minimum Gasteiger partial charge on any atom is -0.355 e. The molecule has 1 atom stereocenters. The van der Waals surface area contributed by atoms with Gasteiger partial charge in [-0.2, -0.15) is 0 Å². The fourth-order valence-corrected chi connectivity index (χ4v) is 1.23. The van der Waals surface area contributed by atoms with Gasteiger partial charge in [-0.3, -0.25) is 4.79 Å². The minimum absolute atomic E-state index is 0. The normalized spacial score (nSPS) is 12.5. The molecule has 0 unspecified atom stereocenters. The van der Waals surface area contributed by atoms with Crippen LogP contribution < -0.4 is 11.1 Å². The molecular formula is C11H25ClN2O. The van der Waals surface area contributed by atoms with Crippen molar-refractivity contribution in [1.82, 2.24) is 5.32 Å². The first-order valence-corrected chi connectivity index (χ1v) is 5.46. The van der Waals surface area contributed by atoms with E-state index in [1.807, 2.05) is 0 Å². The van der Waals surface area contributed by atoms with Gasteiger partial charge in [0.2, 0.25) is 5.91 Å². The highest BCUT2D eigenvalue weighted by atomic mass is 35.5. The second-order valence-corrected chi connectivity index (χ2v) is 4.71. The zero-order valence-electron chi connectivity index (χ0n) is 10.2. The van der Waals surface area contributed by atoms with Gasteiger partial charge in [0, 0.05) is 6.54 Å². The molecule has 0 saturated carbocycles. The van der Waals surface area contributed by atoms with Crippen molar-refractivity contribution in [2.75, 3.05) is 6.54 Å². The second-order valence-electron chi connectivity index (χ2n) is 4.71. The van der Waals surface area contributed by atoms with Crippen molar-refractivity contribution >= 4 is 18.3 Å². The van der Waals surface area contributed by atoms with Crippen LogP contribution in [-0.2, 0) is 4.79 Å². The summed E-state index contributed by atoms with van der Waals surface area (Å²) >= 11 is 0. The number of amides is 1. The molecule has 0 aromatic carbocycles. The average molecular weight is 237 g/mol. The fourth-order valence-electron chi connectivity index (χ4n) is 1.23. The molecule has 0 aromatic rings. The number of nitrogens with two attached hydrogens (primary N) is 1. The molecule has 0 aliphatic rings. The number of hydrogen-bond donors (Lipinski definition) is 2. The zero-order chi connectivity index (χ0) is 11.1. The number of carbonyl (C=O) groups is 1. The number of halogens is 1. The van der Waals surface area contributed by atoms with E-state index in [4.69, 9.17) is 5.73 Å². The van der Waals surface area contributed by atoms with Crippen LogP contribution in [-0.4, -0.2) is 18.5 Å². The van der Waals surface area contributed by atoms with Crippen molar-refractivity contribution in [2.45, 2.75) is 46.6 Å². The van der Waals surface area contributed by atoms with E-state index in [0.29, 0.717) is 11.8 Å². The standard InChI is InChI=1S/C11H24N2O.ClH/c1-8(2)5-6-13-11(14)10(12)7-9(3)4;/h8-10H,5-7,12H2,1-4H3,(H,13,14);1H/t10-;/m0./s1. The van der Waals surface area contributed by atoms with Gasteiger partial charge in [0.15, 0.2) is 0 Å². The summed E-state index contributed by atoms with van der Waals surface area (Å²) in [5.41, 5.74) is 5.72.